The van der Waals surface area contributed by atoms with Crippen molar-refractivity contribution in [3.05, 3.63) is 11.8 Å². The lowest BCUT2D eigenvalue weighted by atomic mass is 9.98. The van der Waals surface area contributed by atoms with E-state index in [1.807, 2.05) is 6.92 Å². The highest BCUT2D eigenvalue weighted by Gasteiger charge is 2.39. The number of alkyl halides is 3. The molecule has 7 heteroatoms. The second-order valence-electron chi connectivity index (χ2n) is 5.57. The van der Waals surface area contributed by atoms with Crippen molar-refractivity contribution < 1.29 is 9.59 Å². The molecule has 21 heavy (non-hydrogen) atoms. The van der Waals surface area contributed by atoms with E-state index in [1.165, 1.54) is 9.80 Å². The topological polar surface area (TPSA) is 40.6 Å². The van der Waals surface area contributed by atoms with E-state index in [4.69, 9.17) is 34.8 Å². The molecule has 0 aromatic carbocycles. The lowest BCUT2D eigenvalue weighted by Gasteiger charge is -2.39. The highest BCUT2D eigenvalue weighted by atomic mass is 35.5. The Morgan fingerprint density at radius 3 is 2.29 bits per heavy atom. The van der Waals surface area contributed by atoms with Gasteiger partial charge in [0.1, 0.15) is 16.6 Å². The number of carbonyl (C=O) groups is 2. The van der Waals surface area contributed by atoms with Crippen LogP contribution in [0.15, 0.2) is 11.8 Å². The summed E-state index contributed by atoms with van der Waals surface area (Å²) in [6.45, 7) is 3.75. The van der Waals surface area contributed by atoms with Gasteiger partial charge in [-0.3, -0.25) is 9.59 Å². The van der Waals surface area contributed by atoms with Crippen LogP contribution < -0.4 is 0 Å². The molecule has 0 aromatic heterocycles. The van der Waals surface area contributed by atoms with Crippen molar-refractivity contribution in [3.8, 4) is 0 Å². The number of hydrogen-bond acceptors (Lipinski definition) is 2. The van der Waals surface area contributed by atoms with Crippen LogP contribution in [0.25, 0.3) is 0 Å². The number of carbonyl (C=O) groups excluding carboxylic acids is 2. The number of rotatable bonds is 5. The summed E-state index contributed by atoms with van der Waals surface area (Å²) in [4.78, 5) is 27.2. The van der Waals surface area contributed by atoms with E-state index < -0.39 is 10.9 Å². The number of allylic oxidation sites excluding steroid dienone is 1. The Labute approximate surface area is 141 Å². The molecule has 0 saturated carbocycles. The Balaban J connectivity index is 3.02. The van der Waals surface area contributed by atoms with Gasteiger partial charge in [0.2, 0.25) is 5.91 Å². The van der Waals surface area contributed by atoms with Gasteiger partial charge in [-0.05, 0) is 18.4 Å². The molecule has 1 saturated heterocycles. The summed E-state index contributed by atoms with van der Waals surface area (Å²) in [5, 5.41) is 0. The van der Waals surface area contributed by atoms with E-state index >= 15 is 0 Å². The lowest BCUT2D eigenvalue weighted by molar-refractivity contribution is -0.149. The van der Waals surface area contributed by atoms with Crippen molar-refractivity contribution >= 4 is 46.6 Å². The van der Waals surface area contributed by atoms with E-state index in [9.17, 15) is 9.59 Å². The van der Waals surface area contributed by atoms with Gasteiger partial charge in [0, 0.05) is 25.9 Å². The summed E-state index contributed by atoms with van der Waals surface area (Å²) < 4.78 is 0. The minimum Gasteiger partial charge on any atom is -0.328 e. The van der Waals surface area contributed by atoms with Crippen LogP contribution in [-0.2, 0) is 9.59 Å². The normalized spacial score (nSPS) is 25.0. The van der Waals surface area contributed by atoms with Gasteiger partial charge in [-0.25, -0.2) is 0 Å². The highest BCUT2D eigenvalue weighted by Crippen LogP contribution is 2.26. The molecule has 3 atom stereocenters. The number of piperazine rings is 1. The van der Waals surface area contributed by atoms with Gasteiger partial charge < -0.3 is 9.80 Å². The molecule has 0 N–H and O–H groups in total. The van der Waals surface area contributed by atoms with Gasteiger partial charge in [0.25, 0.3) is 5.91 Å². The highest BCUT2D eigenvalue weighted by molar-refractivity contribution is 6.44. The standard InChI is InChI=1S/C14H21Cl3N2O2/c1-8(7-15)5-10-13(20)19(4)11(14(21)18(10)3)6-9(2)12(16)17/h6,8-10,12H,5,7H2,1-4H3/b11-6+/t8?,9?,10-/m0/s1. The molecule has 1 fully saturated rings. The molecule has 1 aliphatic heterocycles. The molecular formula is C14H21Cl3N2O2. The van der Waals surface area contributed by atoms with E-state index in [-0.39, 0.29) is 23.7 Å². The van der Waals surface area contributed by atoms with Crippen LogP contribution in [0, 0.1) is 11.8 Å². The molecule has 4 nitrogen and oxygen atoms in total. The zero-order chi connectivity index (χ0) is 16.3. The van der Waals surface area contributed by atoms with Crippen molar-refractivity contribution in [1.29, 1.82) is 0 Å². The van der Waals surface area contributed by atoms with Gasteiger partial charge >= 0.3 is 0 Å². The molecule has 0 aliphatic carbocycles. The predicted octanol–water partition coefficient (Wildman–Crippen LogP) is 2.87. The fourth-order valence-corrected chi connectivity index (χ4v) is 2.45. The van der Waals surface area contributed by atoms with Gasteiger partial charge in [0.05, 0.1) is 0 Å². The fraction of sp³-hybridized carbons (Fsp3) is 0.714. The van der Waals surface area contributed by atoms with E-state index in [0.29, 0.717) is 18.0 Å². The molecular weight excluding hydrogens is 335 g/mol. The minimum atomic E-state index is -0.631. The van der Waals surface area contributed by atoms with Crippen LogP contribution in [0.5, 0.6) is 0 Å². The minimum absolute atomic E-state index is 0.117. The molecule has 1 rings (SSSR count). The number of hydrogen-bond donors (Lipinski definition) is 0. The van der Waals surface area contributed by atoms with Crippen molar-refractivity contribution in [2.75, 3.05) is 20.0 Å². The second kappa shape index (κ2) is 7.70. The first-order valence-corrected chi connectivity index (χ1v) is 8.22. The van der Waals surface area contributed by atoms with E-state index in [1.54, 1.807) is 27.1 Å². The molecule has 0 bridgehead atoms. The first kappa shape index (κ1) is 18.6. The average molecular weight is 356 g/mol. The lowest BCUT2D eigenvalue weighted by Crippen LogP contribution is -2.56. The number of nitrogens with zero attached hydrogens (tertiary/aromatic N) is 2. The Kier molecular flexibility index (Phi) is 6.82. The van der Waals surface area contributed by atoms with Crippen molar-refractivity contribution in [2.45, 2.75) is 31.1 Å². The van der Waals surface area contributed by atoms with Crippen molar-refractivity contribution in [1.82, 2.24) is 9.80 Å². The third-order valence-corrected chi connectivity index (χ3v) is 5.01. The monoisotopic (exact) mass is 354 g/mol. The third-order valence-electron chi connectivity index (χ3n) is 3.69. The molecule has 2 unspecified atom stereocenters. The fourth-order valence-electron chi connectivity index (χ4n) is 2.18. The van der Waals surface area contributed by atoms with Crippen LogP contribution in [0.3, 0.4) is 0 Å². The van der Waals surface area contributed by atoms with Crippen LogP contribution in [0.4, 0.5) is 0 Å². The molecule has 2 amide bonds. The second-order valence-corrected chi connectivity index (χ2v) is 7.04. The Bertz CT molecular complexity index is 440. The summed E-state index contributed by atoms with van der Waals surface area (Å²) in [7, 11) is 3.23. The number of likely N-dealkylation sites (N-methyl/N-ethyl adjacent to an activating group) is 2. The van der Waals surface area contributed by atoms with Gasteiger partial charge in [-0.1, -0.05) is 13.8 Å². The molecule has 0 radical (unpaired) electrons. The molecule has 1 aliphatic rings. The van der Waals surface area contributed by atoms with E-state index in [2.05, 4.69) is 0 Å². The molecule has 0 spiro atoms. The third kappa shape index (κ3) is 4.27. The van der Waals surface area contributed by atoms with Crippen LogP contribution in [0.1, 0.15) is 20.3 Å². The SMILES string of the molecule is CC(CCl)C[C@H]1C(=O)N(C)/C(=C/C(C)C(Cl)Cl)C(=O)N1C. The predicted molar refractivity (Wildman–Crippen MR) is 86.6 cm³/mol. The van der Waals surface area contributed by atoms with Crippen LogP contribution in [0.2, 0.25) is 0 Å². The summed E-state index contributed by atoms with van der Waals surface area (Å²) in [6.07, 6.45) is 2.19. The van der Waals surface area contributed by atoms with Crippen LogP contribution >= 0.6 is 34.8 Å². The summed E-state index contributed by atoms with van der Waals surface area (Å²) in [5.74, 6) is 0.0612. The number of halogens is 3. The summed E-state index contributed by atoms with van der Waals surface area (Å²) in [5.41, 5.74) is 0.316. The maximum atomic E-state index is 12.5. The van der Waals surface area contributed by atoms with Gasteiger partial charge in [-0.15, -0.1) is 34.8 Å². The first-order chi connectivity index (χ1) is 9.70. The summed E-state index contributed by atoms with van der Waals surface area (Å²) in [6, 6.07) is -0.480. The van der Waals surface area contributed by atoms with Gasteiger partial charge in [-0.2, -0.15) is 0 Å². The number of amides is 2. The first-order valence-electron chi connectivity index (χ1n) is 6.81. The maximum absolute atomic E-state index is 12.5. The Morgan fingerprint density at radius 2 is 1.81 bits per heavy atom. The Morgan fingerprint density at radius 1 is 1.24 bits per heavy atom. The van der Waals surface area contributed by atoms with Gasteiger partial charge in [0.15, 0.2) is 0 Å². The smallest absolute Gasteiger partial charge is 0.270 e. The average Bonchev–Trinajstić information content (AvgIpc) is 2.45. The summed E-state index contributed by atoms with van der Waals surface area (Å²) >= 11 is 17.4. The Hall–Kier alpha value is -0.450. The van der Waals surface area contributed by atoms with Crippen molar-refractivity contribution in [3.63, 3.8) is 0 Å². The largest absolute Gasteiger partial charge is 0.328 e. The zero-order valence-corrected chi connectivity index (χ0v) is 14.9. The van der Waals surface area contributed by atoms with Crippen LogP contribution in [-0.4, -0.2) is 52.5 Å². The van der Waals surface area contributed by atoms with E-state index in [0.717, 1.165) is 0 Å². The zero-order valence-electron chi connectivity index (χ0n) is 12.6. The van der Waals surface area contributed by atoms with Crippen molar-refractivity contribution in [2.24, 2.45) is 11.8 Å². The maximum Gasteiger partial charge on any atom is 0.270 e. The molecule has 0 aromatic rings. The quantitative estimate of drug-likeness (QED) is 0.562. The molecule has 120 valence electrons. The molecule has 1 heterocycles.